The summed E-state index contributed by atoms with van der Waals surface area (Å²) in [5.74, 6) is -1.38. The average Bonchev–Trinajstić information content (AvgIpc) is 2.84. The van der Waals surface area contributed by atoms with Gasteiger partial charge in [-0.3, -0.25) is 23.9 Å². The Hall–Kier alpha value is -4.27. The number of esters is 1. The Morgan fingerprint density at radius 2 is 1.58 bits per heavy atom. The van der Waals surface area contributed by atoms with Crippen LogP contribution in [-0.4, -0.2) is 40.4 Å². The fourth-order valence-electron chi connectivity index (χ4n) is 3.68. The van der Waals surface area contributed by atoms with Crippen molar-refractivity contribution in [1.29, 1.82) is 0 Å². The molecule has 2 N–H and O–H groups in total. The third-order valence-electron chi connectivity index (χ3n) is 5.65. The van der Waals surface area contributed by atoms with Crippen molar-refractivity contribution in [2.75, 3.05) is 7.11 Å². The fourth-order valence-corrected chi connectivity index (χ4v) is 3.68. The van der Waals surface area contributed by atoms with Crippen LogP contribution in [0, 0.1) is 0 Å². The maximum atomic E-state index is 12.7. The van der Waals surface area contributed by atoms with E-state index in [9.17, 15) is 24.0 Å². The molecule has 36 heavy (non-hydrogen) atoms. The summed E-state index contributed by atoms with van der Waals surface area (Å²) >= 11 is 0. The number of carbonyl (C=O) groups is 3. The van der Waals surface area contributed by atoms with Crippen molar-refractivity contribution in [1.82, 2.24) is 14.9 Å². The summed E-state index contributed by atoms with van der Waals surface area (Å²) in [7, 11) is 1.21. The highest BCUT2D eigenvalue weighted by Gasteiger charge is 2.24. The quantitative estimate of drug-likeness (QED) is 0.366. The number of aromatic amines is 1. The van der Waals surface area contributed by atoms with Crippen molar-refractivity contribution in [3.8, 4) is 0 Å². The lowest BCUT2D eigenvalue weighted by atomic mass is 9.89. The Bertz CT molecular complexity index is 1370. The number of H-pyrrole nitrogens is 1. The smallest absolute Gasteiger partial charge is 0.328 e. The molecule has 2 aromatic carbocycles. The molecule has 0 aliphatic heterocycles. The van der Waals surface area contributed by atoms with Crippen LogP contribution in [0.3, 0.4) is 0 Å². The van der Waals surface area contributed by atoms with E-state index in [1.807, 2.05) is 26.8 Å². The summed E-state index contributed by atoms with van der Waals surface area (Å²) < 4.78 is 5.93. The molecule has 9 heteroatoms. The molecule has 0 saturated heterocycles. The molecule has 0 bridgehead atoms. The molecule has 0 saturated carbocycles. The van der Waals surface area contributed by atoms with Crippen LogP contribution < -0.4 is 16.6 Å². The van der Waals surface area contributed by atoms with Crippen LogP contribution in [-0.2, 0) is 32.7 Å². The standard InChI is InChI=1S/C27H29N3O6/c1-27(2,3)20-15-30(26(35)29-24(20)33)16-22(31)28-21(25(34)36-4)14-17-10-12-19(13-11-17)23(32)18-8-6-5-7-9-18/h5-13,15,21H,14,16H2,1-4H3,(H,28,31)(H,29,33,35). The minimum atomic E-state index is -1.02. The molecule has 0 aliphatic carbocycles. The third kappa shape index (κ3) is 6.44. The first-order chi connectivity index (χ1) is 17.0. The minimum absolute atomic E-state index is 0.117. The van der Waals surface area contributed by atoms with E-state index in [0.717, 1.165) is 4.57 Å². The van der Waals surface area contributed by atoms with E-state index in [4.69, 9.17) is 4.74 Å². The maximum Gasteiger partial charge on any atom is 0.328 e. The van der Waals surface area contributed by atoms with Gasteiger partial charge in [0.25, 0.3) is 5.56 Å². The number of hydrogen-bond donors (Lipinski definition) is 2. The van der Waals surface area contributed by atoms with Gasteiger partial charge in [0, 0.05) is 29.3 Å². The fraction of sp³-hybridized carbons (Fsp3) is 0.296. The lowest BCUT2D eigenvalue weighted by molar-refractivity contribution is -0.145. The van der Waals surface area contributed by atoms with E-state index < -0.39 is 41.1 Å². The molecule has 9 nitrogen and oxygen atoms in total. The Labute approximate surface area is 208 Å². The molecule has 0 fully saturated rings. The van der Waals surface area contributed by atoms with Crippen LogP contribution in [0.4, 0.5) is 0 Å². The van der Waals surface area contributed by atoms with Crippen molar-refractivity contribution in [2.24, 2.45) is 0 Å². The van der Waals surface area contributed by atoms with Crippen molar-refractivity contribution >= 4 is 17.7 Å². The normalized spacial score (nSPS) is 12.0. The van der Waals surface area contributed by atoms with E-state index in [0.29, 0.717) is 22.3 Å². The first kappa shape index (κ1) is 26.3. The van der Waals surface area contributed by atoms with Crippen molar-refractivity contribution < 1.29 is 19.1 Å². The Morgan fingerprint density at radius 1 is 0.972 bits per heavy atom. The minimum Gasteiger partial charge on any atom is -0.467 e. The summed E-state index contributed by atoms with van der Waals surface area (Å²) in [4.78, 5) is 64.3. The maximum absolute atomic E-state index is 12.7. The van der Waals surface area contributed by atoms with Crippen molar-refractivity contribution in [3.63, 3.8) is 0 Å². The number of nitrogens with zero attached hydrogens (tertiary/aromatic N) is 1. The molecule has 1 unspecified atom stereocenters. The highest BCUT2D eigenvalue weighted by molar-refractivity contribution is 6.08. The molecule has 3 rings (SSSR count). The first-order valence-corrected chi connectivity index (χ1v) is 11.4. The number of nitrogens with one attached hydrogen (secondary N) is 2. The number of carbonyl (C=O) groups excluding carboxylic acids is 3. The average molecular weight is 492 g/mol. The molecule has 1 atom stereocenters. The van der Waals surface area contributed by atoms with Gasteiger partial charge in [-0.1, -0.05) is 75.4 Å². The van der Waals surface area contributed by atoms with Crippen molar-refractivity contribution in [3.05, 3.63) is 104 Å². The second kappa shape index (κ2) is 11.0. The van der Waals surface area contributed by atoms with Gasteiger partial charge in [-0.2, -0.15) is 0 Å². The molecule has 188 valence electrons. The van der Waals surface area contributed by atoms with E-state index in [1.54, 1.807) is 48.5 Å². The summed E-state index contributed by atoms with van der Waals surface area (Å²) in [6, 6.07) is 14.6. The monoisotopic (exact) mass is 491 g/mol. The summed E-state index contributed by atoms with van der Waals surface area (Å²) in [5.41, 5.74) is 0.341. The Balaban J connectivity index is 1.74. The van der Waals surface area contributed by atoms with Gasteiger partial charge in [0.2, 0.25) is 5.91 Å². The van der Waals surface area contributed by atoms with Gasteiger partial charge in [0.1, 0.15) is 12.6 Å². The molecule has 0 aliphatic rings. The Kier molecular flexibility index (Phi) is 8.03. The number of ketones is 1. The van der Waals surface area contributed by atoms with E-state index in [-0.39, 0.29) is 12.2 Å². The number of methoxy groups -OCH3 is 1. The van der Waals surface area contributed by atoms with Gasteiger partial charge in [-0.25, -0.2) is 9.59 Å². The number of rotatable bonds is 8. The highest BCUT2D eigenvalue weighted by Crippen LogP contribution is 2.17. The topological polar surface area (TPSA) is 127 Å². The molecule has 0 spiro atoms. The number of aromatic nitrogens is 2. The molecule has 0 radical (unpaired) electrons. The van der Waals surface area contributed by atoms with E-state index >= 15 is 0 Å². The third-order valence-corrected chi connectivity index (χ3v) is 5.65. The zero-order valence-electron chi connectivity index (χ0n) is 20.7. The molecule has 1 heterocycles. The van der Waals surface area contributed by atoms with Gasteiger partial charge in [-0.05, 0) is 11.0 Å². The molecule has 3 aromatic rings. The van der Waals surface area contributed by atoms with Crippen molar-refractivity contribution in [2.45, 2.75) is 45.2 Å². The molecular weight excluding hydrogens is 462 g/mol. The largest absolute Gasteiger partial charge is 0.467 e. The van der Waals surface area contributed by atoms with Gasteiger partial charge in [0.05, 0.1) is 7.11 Å². The van der Waals surface area contributed by atoms with Crippen LogP contribution in [0.1, 0.15) is 47.8 Å². The second-order valence-electron chi connectivity index (χ2n) is 9.42. The number of ether oxygens (including phenoxy) is 1. The number of hydrogen-bond acceptors (Lipinski definition) is 6. The van der Waals surface area contributed by atoms with E-state index in [2.05, 4.69) is 10.3 Å². The lowest BCUT2D eigenvalue weighted by Gasteiger charge is -2.20. The van der Waals surface area contributed by atoms with Crippen LogP contribution >= 0.6 is 0 Å². The van der Waals surface area contributed by atoms with Gasteiger partial charge in [0.15, 0.2) is 5.78 Å². The number of benzene rings is 2. The SMILES string of the molecule is COC(=O)C(Cc1ccc(C(=O)c2ccccc2)cc1)NC(=O)Cn1cc(C(C)(C)C)c(=O)[nH]c1=O. The van der Waals surface area contributed by atoms with E-state index in [1.165, 1.54) is 13.3 Å². The van der Waals surface area contributed by atoms with Crippen LogP contribution in [0.25, 0.3) is 0 Å². The van der Waals surface area contributed by atoms with Crippen LogP contribution in [0.15, 0.2) is 70.4 Å². The van der Waals surface area contributed by atoms with Gasteiger partial charge in [-0.15, -0.1) is 0 Å². The lowest BCUT2D eigenvalue weighted by Crippen LogP contribution is -2.46. The first-order valence-electron chi connectivity index (χ1n) is 11.4. The second-order valence-corrected chi connectivity index (χ2v) is 9.42. The van der Waals surface area contributed by atoms with Gasteiger partial charge >= 0.3 is 11.7 Å². The zero-order chi connectivity index (χ0) is 26.5. The van der Waals surface area contributed by atoms with Crippen LogP contribution in [0.2, 0.25) is 0 Å². The zero-order valence-corrected chi connectivity index (χ0v) is 20.7. The summed E-state index contributed by atoms with van der Waals surface area (Å²) in [6.07, 6.45) is 1.47. The predicted molar refractivity (Wildman–Crippen MR) is 134 cm³/mol. The van der Waals surface area contributed by atoms with Gasteiger partial charge < -0.3 is 10.1 Å². The summed E-state index contributed by atoms with van der Waals surface area (Å²) in [5, 5.41) is 2.60. The van der Waals surface area contributed by atoms with Crippen LogP contribution in [0.5, 0.6) is 0 Å². The number of amides is 1. The summed E-state index contributed by atoms with van der Waals surface area (Å²) in [6.45, 7) is 5.06. The predicted octanol–water partition coefficient (Wildman–Crippen LogP) is 1.97. The molecule has 1 amide bonds. The Morgan fingerprint density at radius 3 is 2.17 bits per heavy atom. The molecule has 1 aromatic heterocycles. The highest BCUT2D eigenvalue weighted by atomic mass is 16.5. The molecular formula is C27H29N3O6.